The fourth-order valence-corrected chi connectivity index (χ4v) is 3.15. The Balaban J connectivity index is 2.02. The Morgan fingerprint density at radius 1 is 1.44 bits per heavy atom. The van der Waals surface area contributed by atoms with Crippen LogP contribution in [0.4, 0.5) is 0 Å². The molecule has 1 saturated carbocycles. The molecule has 0 bridgehead atoms. The molecule has 1 heterocycles. The zero-order chi connectivity index (χ0) is 13.0. The van der Waals surface area contributed by atoms with Crippen LogP contribution in [0.2, 0.25) is 5.15 Å². The maximum Gasteiger partial charge on any atom is 0.133 e. The van der Waals surface area contributed by atoms with Gasteiger partial charge in [-0.25, -0.2) is 4.98 Å². The highest BCUT2D eigenvalue weighted by Crippen LogP contribution is 2.28. The summed E-state index contributed by atoms with van der Waals surface area (Å²) < 4.78 is 0. The molecule has 1 aliphatic carbocycles. The third-order valence-electron chi connectivity index (χ3n) is 3.99. The first-order valence-corrected chi connectivity index (χ1v) is 7.10. The molecule has 100 valence electrons. The van der Waals surface area contributed by atoms with Crippen molar-refractivity contribution in [3.8, 4) is 0 Å². The van der Waals surface area contributed by atoms with Crippen molar-refractivity contribution in [2.24, 2.45) is 11.7 Å². The maximum absolute atomic E-state index is 6.12. The summed E-state index contributed by atoms with van der Waals surface area (Å²) >= 11 is 6.12. The normalized spacial score (nSPS) is 24.4. The monoisotopic (exact) mass is 267 g/mol. The number of hydrogen-bond acceptors (Lipinski definition) is 3. The molecule has 0 saturated heterocycles. The quantitative estimate of drug-likeness (QED) is 0.853. The lowest BCUT2D eigenvalue weighted by Crippen LogP contribution is -2.42. The third kappa shape index (κ3) is 3.22. The lowest BCUT2D eigenvalue weighted by molar-refractivity contribution is 0.127. The SMILES string of the molecule is CN(Cc1cccnc1Cl)C1CCCCC1CN. The molecule has 1 aromatic rings. The molecule has 2 atom stereocenters. The van der Waals surface area contributed by atoms with Crippen molar-refractivity contribution in [2.75, 3.05) is 13.6 Å². The van der Waals surface area contributed by atoms with Crippen LogP contribution in [0.25, 0.3) is 0 Å². The zero-order valence-corrected chi connectivity index (χ0v) is 11.7. The molecular formula is C14H22ClN3. The molecule has 0 spiro atoms. The van der Waals surface area contributed by atoms with E-state index in [0.29, 0.717) is 17.1 Å². The summed E-state index contributed by atoms with van der Waals surface area (Å²) in [5, 5.41) is 0.615. The van der Waals surface area contributed by atoms with Gasteiger partial charge in [0.25, 0.3) is 0 Å². The predicted octanol–water partition coefficient (Wildman–Crippen LogP) is 2.68. The second-order valence-electron chi connectivity index (χ2n) is 5.22. The van der Waals surface area contributed by atoms with Crippen LogP contribution in [0.15, 0.2) is 18.3 Å². The molecule has 0 radical (unpaired) electrons. The van der Waals surface area contributed by atoms with Crippen LogP contribution >= 0.6 is 11.6 Å². The van der Waals surface area contributed by atoms with Gasteiger partial charge in [0.05, 0.1) is 0 Å². The summed E-state index contributed by atoms with van der Waals surface area (Å²) in [6.45, 7) is 1.64. The first-order valence-electron chi connectivity index (χ1n) is 6.72. The minimum absolute atomic E-state index is 0.583. The molecule has 0 amide bonds. The topological polar surface area (TPSA) is 42.2 Å². The van der Waals surface area contributed by atoms with E-state index in [1.807, 2.05) is 12.1 Å². The lowest BCUT2D eigenvalue weighted by atomic mass is 9.83. The first-order chi connectivity index (χ1) is 8.72. The highest BCUT2D eigenvalue weighted by molar-refractivity contribution is 6.30. The molecule has 3 nitrogen and oxygen atoms in total. The fraction of sp³-hybridized carbons (Fsp3) is 0.643. The fourth-order valence-electron chi connectivity index (χ4n) is 2.97. The van der Waals surface area contributed by atoms with Gasteiger partial charge in [0, 0.05) is 24.3 Å². The minimum Gasteiger partial charge on any atom is -0.330 e. The van der Waals surface area contributed by atoms with Crippen molar-refractivity contribution < 1.29 is 0 Å². The van der Waals surface area contributed by atoms with Crippen molar-refractivity contribution in [1.29, 1.82) is 0 Å². The van der Waals surface area contributed by atoms with E-state index >= 15 is 0 Å². The van der Waals surface area contributed by atoms with Crippen LogP contribution in [0, 0.1) is 5.92 Å². The van der Waals surface area contributed by atoms with E-state index in [0.717, 1.165) is 18.7 Å². The summed E-state index contributed by atoms with van der Waals surface area (Å²) in [6.07, 6.45) is 6.86. The van der Waals surface area contributed by atoms with E-state index < -0.39 is 0 Å². The van der Waals surface area contributed by atoms with Gasteiger partial charge in [-0.05, 0) is 38.4 Å². The van der Waals surface area contributed by atoms with Crippen LogP contribution in [-0.2, 0) is 6.54 Å². The van der Waals surface area contributed by atoms with Crippen LogP contribution in [0.3, 0.4) is 0 Å². The van der Waals surface area contributed by atoms with Gasteiger partial charge < -0.3 is 5.73 Å². The van der Waals surface area contributed by atoms with Gasteiger partial charge in [0.2, 0.25) is 0 Å². The van der Waals surface area contributed by atoms with E-state index in [1.54, 1.807) is 6.20 Å². The second-order valence-corrected chi connectivity index (χ2v) is 5.57. The largest absolute Gasteiger partial charge is 0.330 e. The minimum atomic E-state index is 0.583. The smallest absolute Gasteiger partial charge is 0.133 e. The van der Waals surface area contributed by atoms with Gasteiger partial charge in [0.1, 0.15) is 5.15 Å². The van der Waals surface area contributed by atoms with Crippen LogP contribution < -0.4 is 5.73 Å². The highest BCUT2D eigenvalue weighted by atomic mass is 35.5. The molecular weight excluding hydrogens is 246 g/mol. The molecule has 2 N–H and O–H groups in total. The van der Waals surface area contributed by atoms with Gasteiger partial charge in [-0.2, -0.15) is 0 Å². The number of aromatic nitrogens is 1. The second kappa shape index (κ2) is 6.50. The number of rotatable bonds is 4. The molecule has 0 aromatic carbocycles. The zero-order valence-electron chi connectivity index (χ0n) is 11.0. The van der Waals surface area contributed by atoms with Crippen LogP contribution in [0.5, 0.6) is 0 Å². The van der Waals surface area contributed by atoms with Gasteiger partial charge in [-0.3, -0.25) is 4.90 Å². The molecule has 1 fully saturated rings. The molecule has 18 heavy (non-hydrogen) atoms. The maximum atomic E-state index is 6.12. The van der Waals surface area contributed by atoms with Crippen molar-refractivity contribution in [1.82, 2.24) is 9.88 Å². The Morgan fingerprint density at radius 3 is 2.94 bits per heavy atom. The summed E-state index contributed by atoms with van der Waals surface area (Å²) in [7, 11) is 2.17. The number of halogens is 1. The Bertz CT molecular complexity index is 383. The van der Waals surface area contributed by atoms with E-state index in [1.165, 1.54) is 25.7 Å². The molecule has 1 aliphatic rings. The van der Waals surface area contributed by atoms with Gasteiger partial charge in [-0.1, -0.05) is 30.5 Å². The first kappa shape index (κ1) is 13.8. The lowest BCUT2D eigenvalue weighted by Gasteiger charge is -2.37. The number of nitrogens with zero attached hydrogens (tertiary/aromatic N) is 2. The Hall–Kier alpha value is -0.640. The van der Waals surface area contributed by atoms with Gasteiger partial charge >= 0.3 is 0 Å². The Labute approximate surface area is 114 Å². The average Bonchev–Trinajstić information content (AvgIpc) is 2.41. The summed E-state index contributed by atoms with van der Waals surface area (Å²) in [4.78, 5) is 6.52. The number of hydrogen-bond donors (Lipinski definition) is 1. The molecule has 4 heteroatoms. The van der Waals surface area contributed by atoms with Crippen molar-refractivity contribution in [2.45, 2.75) is 38.3 Å². The van der Waals surface area contributed by atoms with Crippen LogP contribution in [-0.4, -0.2) is 29.5 Å². The van der Waals surface area contributed by atoms with Crippen molar-refractivity contribution in [3.63, 3.8) is 0 Å². The standard InChI is InChI=1S/C14H22ClN3/c1-18(10-12-6-4-8-17-14(12)15)13-7-3-2-5-11(13)9-16/h4,6,8,11,13H,2-3,5,7,9-10,16H2,1H3. The molecule has 2 rings (SSSR count). The molecule has 0 aliphatic heterocycles. The molecule has 2 unspecified atom stereocenters. The van der Waals surface area contributed by atoms with Crippen molar-refractivity contribution >= 4 is 11.6 Å². The van der Waals surface area contributed by atoms with Crippen molar-refractivity contribution in [3.05, 3.63) is 29.0 Å². The van der Waals surface area contributed by atoms with E-state index in [4.69, 9.17) is 17.3 Å². The predicted molar refractivity (Wildman–Crippen MR) is 75.5 cm³/mol. The van der Waals surface area contributed by atoms with E-state index in [-0.39, 0.29) is 0 Å². The summed E-state index contributed by atoms with van der Waals surface area (Å²) in [5.41, 5.74) is 6.99. The van der Waals surface area contributed by atoms with E-state index in [9.17, 15) is 0 Å². The van der Waals surface area contributed by atoms with E-state index in [2.05, 4.69) is 16.9 Å². The van der Waals surface area contributed by atoms with Gasteiger partial charge in [-0.15, -0.1) is 0 Å². The third-order valence-corrected chi connectivity index (χ3v) is 4.33. The molecule has 1 aromatic heterocycles. The Kier molecular flexibility index (Phi) is 4.98. The van der Waals surface area contributed by atoms with Gasteiger partial charge in [0.15, 0.2) is 0 Å². The number of pyridine rings is 1. The Morgan fingerprint density at radius 2 is 2.22 bits per heavy atom. The number of nitrogens with two attached hydrogens (primary N) is 1. The average molecular weight is 268 g/mol. The summed E-state index contributed by atoms with van der Waals surface area (Å²) in [5.74, 6) is 0.624. The summed E-state index contributed by atoms with van der Waals surface area (Å²) in [6, 6.07) is 4.57. The van der Waals surface area contributed by atoms with Crippen LogP contribution in [0.1, 0.15) is 31.2 Å². The highest BCUT2D eigenvalue weighted by Gasteiger charge is 2.27.